The first-order valence-electron chi connectivity index (χ1n) is 6.37. The molecule has 0 saturated heterocycles. The highest BCUT2D eigenvalue weighted by Gasteiger charge is 2.20. The molecule has 5 nitrogen and oxygen atoms in total. The molecule has 0 fully saturated rings. The molecule has 2 rings (SSSR count). The first-order valence-corrected chi connectivity index (χ1v) is 6.37. The predicted molar refractivity (Wildman–Crippen MR) is 64.7 cm³/mol. The molecule has 0 N–H and O–H groups in total. The minimum Gasteiger partial charge on any atom is -0.449 e. The van der Waals surface area contributed by atoms with Crippen molar-refractivity contribution in [2.45, 2.75) is 52.1 Å². The largest absolute Gasteiger partial charge is 0.449 e. The second kappa shape index (κ2) is 5.80. The molecule has 0 spiro atoms. The third kappa shape index (κ3) is 3.18. The summed E-state index contributed by atoms with van der Waals surface area (Å²) in [6.45, 7) is 3.45. The van der Waals surface area contributed by atoms with Crippen molar-refractivity contribution in [2.24, 2.45) is 0 Å². The van der Waals surface area contributed by atoms with Crippen molar-refractivity contribution in [3.05, 3.63) is 23.4 Å². The van der Waals surface area contributed by atoms with Gasteiger partial charge in [-0.15, -0.1) is 10.2 Å². The summed E-state index contributed by atoms with van der Waals surface area (Å²) in [4.78, 5) is 12.0. The third-order valence-electron chi connectivity index (χ3n) is 2.98. The van der Waals surface area contributed by atoms with Crippen LogP contribution < -0.4 is 0 Å². The summed E-state index contributed by atoms with van der Waals surface area (Å²) >= 11 is 0. The molecule has 1 aromatic rings. The number of allylic oxidation sites excluding steroid dienone is 1. The maximum Gasteiger partial charge on any atom is 0.334 e. The summed E-state index contributed by atoms with van der Waals surface area (Å²) < 4.78 is 10.6. The lowest BCUT2D eigenvalue weighted by molar-refractivity contribution is -0.145. The van der Waals surface area contributed by atoms with Crippen LogP contribution in [0.15, 0.2) is 16.1 Å². The second-order valence-corrected chi connectivity index (χ2v) is 4.54. The van der Waals surface area contributed by atoms with E-state index in [1.54, 1.807) is 13.8 Å². The van der Waals surface area contributed by atoms with Gasteiger partial charge in [0.05, 0.1) is 0 Å². The topological polar surface area (TPSA) is 65.2 Å². The number of hydrogen-bond donors (Lipinski definition) is 0. The minimum atomic E-state index is -0.497. The predicted octanol–water partition coefficient (Wildman–Crippen LogP) is 2.87. The Bertz CT molecular complexity index is 451. The van der Waals surface area contributed by atoms with Crippen molar-refractivity contribution < 1.29 is 13.9 Å². The van der Waals surface area contributed by atoms with Crippen LogP contribution >= 0.6 is 0 Å². The molecule has 0 bridgehead atoms. The van der Waals surface area contributed by atoms with Crippen LogP contribution in [0.25, 0.3) is 0 Å². The van der Waals surface area contributed by atoms with E-state index in [-0.39, 0.29) is 5.97 Å². The molecule has 1 heterocycles. The Balaban J connectivity index is 1.96. The monoisotopic (exact) mass is 250 g/mol. The zero-order valence-electron chi connectivity index (χ0n) is 10.8. The van der Waals surface area contributed by atoms with E-state index >= 15 is 0 Å². The number of nitrogens with zero attached hydrogens (tertiary/aromatic N) is 2. The highest BCUT2D eigenvalue weighted by molar-refractivity contribution is 5.88. The lowest BCUT2D eigenvalue weighted by Gasteiger charge is -2.10. The van der Waals surface area contributed by atoms with Gasteiger partial charge in [-0.25, -0.2) is 4.79 Å². The van der Waals surface area contributed by atoms with E-state index in [0.717, 1.165) is 31.3 Å². The second-order valence-electron chi connectivity index (χ2n) is 4.54. The summed E-state index contributed by atoms with van der Waals surface area (Å²) in [6, 6.07) is 0. The van der Waals surface area contributed by atoms with Crippen LogP contribution in [-0.2, 0) is 9.53 Å². The van der Waals surface area contributed by atoms with Gasteiger partial charge in [-0.3, -0.25) is 0 Å². The maximum absolute atomic E-state index is 12.0. The fourth-order valence-electron chi connectivity index (χ4n) is 1.96. The van der Waals surface area contributed by atoms with Crippen LogP contribution in [0, 0.1) is 6.92 Å². The summed E-state index contributed by atoms with van der Waals surface area (Å²) in [5, 5.41) is 7.57. The Hall–Kier alpha value is -1.65. The quantitative estimate of drug-likeness (QED) is 0.772. The van der Waals surface area contributed by atoms with Gasteiger partial charge < -0.3 is 9.15 Å². The SMILES string of the molecule is Cc1nnc([C@H](C)OC(=O)C2=CCCCCC2)o1. The Kier molecular flexibility index (Phi) is 4.12. The number of carbonyl (C=O) groups is 1. The third-order valence-corrected chi connectivity index (χ3v) is 2.98. The van der Waals surface area contributed by atoms with Crippen LogP contribution in [0.4, 0.5) is 0 Å². The van der Waals surface area contributed by atoms with Gasteiger partial charge in [0.15, 0.2) is 6.10 Å². The highest BCUT2D eigenvalue weighted by Crippen LogP contribution is 2.22. The minimum absolute atomic E-state index is 0.264. The molecule has 1 atom stereocenters. The lowest BCUT2D eigenvalue weighted by Crippen LogP contribution is -2.11. The Morgan fingerprint density at radius 1 is 1.39 bits per heavy atom. The smallest absolute Gasteiger partial charge is 0.334 e. The molecule has 0 saturated carbocycles. The van der Waals surface area contributed by atoms with Crippen LogP contribution in [0.3, 0.4) is 0 Å². The van der Waals surface area contributed by atoms with E-state index in [0.29, 0.717) is 11.8 Å². The van der Waals surface area contributed by atoms with Crippen molar-refractivity contribution in [2.75, 3.05) is 0 Å². The summed E-state index contributed by atoms with van der Waals surface area (Å²) in [5.41, 5.74) is 0.774. The van der Waals surface area contributed by atoms with Gasteiger partial charge in [0.1, 0.15) is 0 Å². The van der Waals surface area contributed by atoms with Gasteiger partial charge in [-0.2, -0.15) is 0 Å². The highest BCUT2D eigenvalue weighted by atomic mass is 16.6. The number of ether oxygens (including phenoxy) is 1. The summed E-state index contributed by atoms with van der Waals surface area (Å²) in [6.07, 6.45) is 6.62. The molecule has 0 unspecified atom stereocenters. The number of aryl methyl sites for hydroxylation is 1. The number of esters is 1. The molecular formula is C13H18N2O3. The van der Waals surface area contributed by atoms with Crippen molar-refractivity contribution >= 4 is 5.97 Å². The fourth-order valence-corrected chi connectivity index (χ4v) is 1.96. The number of aromatic nitrogens is 2. The van der Waals surface area contributed by atoms with Gasteiger partial charge in [-0.05, 0) is 32.6 Å². The molecule has 98 valence electrons. The van der Waals surface area contributed by atoms with Crippen molar-refractivity contribution in [3.8, 4) is 0 Å². The van der Waals surface area contributed by atoms with Crippen LogP contribution in [0.5, 0.6) is 0 Å². The van der Waals surface area contributed by atoms with E-state index in [4.69, 9.17) is 9.15 Å². The van der Waals surface area contributed by atoms with E-state index in [9.17, 15) is 4.79 Å². The molecule has 0 radical (unpaired) electrons. The molecule has 1 aliphatic carbocycles. The van der Waals surface area contributed by atoms with Crippen LogP contribution in [0.1, 0.15) is 56.9 Å². The molecule has 1 aromatic heterocycles. The Morgan fingerprint density at radius 2 is 2.22 bits per heavy atom. The normalized spacial score (nSPS) is 17.8. The lowest BCUT2D eigenvalue weighted by atomic mass is 10.1. The molecule has 0 amide bonds. The molecule has 0 aliphatic heterocycles. The first-order chi connectivity index (χ1) is 8.66. The van der Waals surface area contributed by atoms with Gasteiger partial charge in [0.2, 0.25) is 5.89 Å². The van der Waals surface area contributed by atoms with E-state index < -0.39 is 6.10 Å². The summed E-state index contributed by atoms with van der Waals surface area (Å²) in [5.74, 6) is 0.553. The molecule has 0 aromatic carbocycles. The number of hydrogen-bond acceptors (Lipinski definition) is 5. The van der Waals surface area contributed by atoms with Gasteiger partial charge in [0, 0.05) is 12.5 Å². The van der Waals surface area contributed by atoms with Crippen LogP contribution in [0.2, 0.25) is 0 Å². The number of rotatable bonds is 3. The average Bonchev–Trinajstić information content (AvgIpc) is 2.63. The Labute approximate surface area is 106 Å². The molecule has 1 aliphatic rings. The van der Waals surface area contributed by atoms with E-state index in [1.165, 1.54) is 6.42 Å². The summed E-state index contributed by atoms with van der Waals surface area (Å²) in [7, 11) is 0. The molecular weight excluding hydrogens is 232 g/mol. The van der Waals surface area contributed by atoms with Gasteiger partial charge in [-0.1, -0.05) is 12.5 Å². The first kappa shape index (κ1) is 12.8. The van der Waals surface area contributed by atoms with E-state index in [1.807, 2.05) is 6.08 Å². The van der Waals surface area contributed by atoms with Crippen molar-refractivity contribution in [1.82, 2.24) is 10.2 Å². The molecule has 18 heavy (non-hydrogen) atoms. The number of carbonyl (C=O) groups excluding carboxylic acids is 1. The van der Waals surface area contributed by atoms with Crippen molar-refractivity contribution in [1.29, 1.82) is 0 Å². The van der Waals surface area contributed by atoms with Crippen molar-refractivity contribution in [3.63, 3.8) is 0 Å². The Morgan fingerprint density at radius 3 is 2.94 bits per heavy atom. The zero-order chi connectivity index (χ0) is 13.0. The van der Waals surface area contributed by atoms with Gasteiger partial charge in [0.25, 0.3) is 5.89 Å². The maximum atomic E-state index is 12.0. The molecule has 5 heteroatoms. The standard InChI is InChI=1S/C13H18N2O3/c1-9(12-15-14-10(2)18-12)17-13(16)11-7-5-3-4-6-8-11/h7,9H,3-6,8H2,1-2H3/t9-/m0/s1. The van der Waals surface area contributed by atoms with Crippen LogP contribution in [-0.4, -0.2) is 16.2 Å². The van der Waals surface area contributed by atoms with Gasteiger partial charge >= 0.3 is 5.97 Å². The fraction of sp³-hybridized carbons (Fsp3) is 0.615. The van der Waals surface area contributed by atoms with E-state index in [2.05, 4.69) is 10.2 Å². The average molecular weight is 250 g/mol. The zero-order valence-corrected chi connectivity index (χ0v) is 10.8.